The summed E-state index contributed by atoms with van der Waals surface area (Å²) in [6, 6.07) is 5.91. The SMILES string of the molecule is OC(CCCl)c1cccc(F)c1.[B-].[Na+]. The fourth-order valence-electron chi connectivity index (χ4n) is 0.984. The molecule has 0 aliphatic carbocycles. The van der Waals surface area contributed by atoms with Gasteiger partial charge in [0.15, 0.2) is 0 Å². The first kappa shape index (κ1) is 16.9. The monoisotopic (exact) mass is 222 g/mol. The van der Waals surface area contributed by atoms with Gasteiger partial charge in [0.1, 0.15) is 5.82 Å². The van der Waals surface area contributed by atoms with E-state index in [0.29, 0.717) is 17.9 Å². The molecule has 0 aliphatic heterocycles. The normalized spacial score (nSPS) is 11.1. The summed E-state index contributed by atoms with van der Waals surface area (Å²) in [5.41, 5.74) is 0.579. The minimum atomic E-state index is -0.654. The molecule has 0 spiro atoms. The Morgan fingerprint density at radius 3 is 2.57 bits per heavy atom. The molecule has 0 amide bonds. The zero-order valence-corrected chi connectivity index (χ0v) is 10.8. The number of hydrogen-bond donors (Lipinski definition) is 1. The van der Waals surface area contributed by atoms with Gasteiger partial charge in [-0.05, 0) is 24.1 Å². The Labute approximate surface area is 113 Å². The molecule has 0 fully saturated rings. The fraction of sp³-hybridized carbons (Fsp3) is 0.333. The summed E-state index contributed by atoms with van der Waals surface area (Å²) in [4.78, 5) is 0. The smallest absolute Gasteiger partial charge is 1.00 e. The first-order valence-electron chi connectivity index (χ1n) is 3.73. The third-order valence-electron chi connectivity index (χ3n) is 1.62. The van der Waals surface area contributed by atoms with Crippen LogP contribution in [0.25, 0.3) is 0 Å². The summed E-state index contributed by atoms with van der Waals surface area (Å²) < 4.78 is 12.6. The molecule has 1 atom stereocenters. The van der Waals surface area contributed by atoms with Crippen LogP contribution in [0.5, 0.6) is 0 Å². The molecule has 0 aliphatic rings. The predicted octanol–water partition coefficient (Wildman–Crippen LogP) is -0.889. The van der Waals surface area contributed by atoms with Gasteiger partial charge in [0, 0.05) is 5.88 Å². The van der Waals surface area contributed by atoms with E-state index < -0.39 is 6.10 Å². The standard InChI is InChI=1S/C9H10ClFO.B.Na/c10-5-4-9(12)7-2-1-3-8(11)6-7;;/h1-3,6,9,12H,4-5H2;;/q;-1;+1. The van der Waals surface area contributed by atoms with Crippen LogP contribution in [0.1, 0.15) is 18.1 Å². The second kappa shape index (κ2) is 8.75. The molecular weight excluding hydrogens is 212 g/mol. The third kappa shape index (κ3) is 5.37. The number of aliphatic hydroxyl groups is 1. The van der Waals surface area contributed by atoms with Gasteiger partial charge in [0.2, 0.25) is 0 Å². The number of alkyl halides is 1. The van der Waals surface area contributed by atoms with Crippen molar-refractivity contribution in [2.75, 3.05) is 5.88 Å². The summed E-state index contributed by atoms with van der Waals surface area (Å²) in [6.45, 7) is 0. The van der Waals surface area contributed by atoms with E-state index in [-0.39, 0.29) is 43.8 Å². The van der Waals surface area contributed by atoms with E-state index in [4.69, 9.17) is 11.6 Å². The van der Waals surface area contributed by atoms with Crippen molar-refractivity contribution in [3.05, 3.63) is 35.6 Å². The van der Waals surface area contributed by atoms with Crippen LogP contribution < -0.4 is 29.6 Å². The van der Waals surface area contributed by atoms with Crippen molar-refractivity contribution in [2.24, 2.45) is 0 Å². The summed E-state index contributed by atoms with van der Waals surface area (Å²) in [7, 11) is 0. The van der Waals surface area contributed by atoms with Crippen molar-refractivity contribution in [1.29, 1.82) is 0 Å². The van der Waals surface area contributed by atoms with Crippen LogP contribution in [0.4, 0.5) is 4.39 Å². The Kier molecular flexibility index (Phi) is 10.5. The zero-order chi connectivity index (χ0) is 8.97. The Hall–Kier alpha value is 0.465. The number of rotatable bonds is 3. The molecule has 1 nitrogen and oxygen atoms in total. The molecule has 1 N–H and O–H groups in total. The Bertz CT molecular complexity index is 262. The average Bonchev–Trinajstić information content (AvgIpc) is 2.05. The number of halogens is 2. The minimum absolute atomic E-state index is 0. The van der Waals surface area contributed by atoms with Crippen molar-refractivity contribution in [3.8, 4) is 0 Å². The van der Waals surface area contributed by atoms with Gasteiger partial charge in [-0.25, -0.2) is 4.39 Å². The van der Waals surface area contributed by atoms with Gasteiger partial charge in [0.05, 0.1) is 6.10 Å². The maximum absolute atomic E-state index is 12.6. The van der Waals surface area contributed by atoms with E-state index in [1.807, 2.05) is 0 Å². The molecule has 1 rings (SSSR count). The second-order valence-corrected chi connectivity index (χ2v) is 2.93. The van der Waals surface area contributed by atoms with Crippen LogP contribution in [-0.2, 0) is 0 Å². The van der Waals surface area contributed by atoms with Crippen LogP contribution in [0, 0.1) is 5.82 Å². The number of benzene rings is 1. The van der Waals surface area contributed by atoms with E-state index in [9.17, 15) is 9.50 Å². The number of aliphatic hydroxyl groups excluding tert-OH is 1. The van der Waals surface area contributed by atoms with Crippen LogP contribution >= 0.6 is 11.6 Å². The Balaban J connectivity index is 0. The van der Waals surface area contributed by atoms with Gasteiger partial charge in [0.25, 0.3) is 0 Å². The third-order valence-corrected chi connectivity index (χ3v) is 1.83. The largest absolute Gasteiger partial charge is 1.00 e. The molecule has 0 saturated carbocycles. The first-order valence-corrected chi connectivity index (χ1v) is 4.27. The molecule has 1 unspecified atom stereocenters. The van der Waals surface area contributed by atoms with Crippen LogP contribution in [-0.4, -0.2) is 19.4 Å². The molecule has 0 aromatic heterocycles. The molecule has 0 bridgehead atoms. The van der Waals surface area contributed by atoms with E-state index in [1.54, 1.807) is 12.1 Å². The Morgan fingerprint density at radius 2 is 2.07 bits per heavy atom. The fourth-order valence-corrected chi connectivity index (χ4v) is 1.19. The van der Waals surface area contributed by atoms with Gasteiger partial charge < -0.3 is 13.5 Å². The molecule has 14 heavy (non-hydrogen) atoms. The maximum Gasteiger partial charge on any atom is 1.00 e. The average molecular weight is 222 g/mol. The van der Waals surface area contributed by atoms with Gasteiger partial charge in [-0.3, -0.25) is 0 Å². The molecule has 70 valence electrons. The van der Waals surface area contributed by atoms with E-state index >= 15 is 0 Å². The van der Waals surface area contributed by atoms with E-state index in [0.717, 1.165) is 0 Å². The van der Waals surface area contributed by atoms with Crippen molar-refractivity contribution >= 4 is 20.0 Å². The van der Waals surface area contributed by atoms with Gasteiger partial charge in [-0.2, -0.15) is 0 Å². The van der Waals surface area contributed by atoms with Crippen LogP contribution in [0.3, 0.4) is 0 Å². The predicted molar refractivity (Wildman–Crippen MR) is 52.5 cm³/mol. The van der Waals surface area contributed by atoms with Gasteiger partial charge in [-0.1, -0.05) is 12.1 Å². The first-order chi connectivity index (χ1) is 5.74. The molecule has 0 saturated heterocycles. The molecule has 5 heteroatoms. The topological polar surface area (TPSA) is 20.2 Å². The Morgan fingerprint density at radius 1 is 1.43 bits per heavy atom. The zero-order valence-electron chi connectivity index (χ0n) is 8.08. The maximum atomic E-state index is 12.6. The summed E-state index contributed by atoms with van der Waals surface area (Å²) in [6.07, 6.45) is -0.205. The van der Waals surface area contributed by atoms with Crippen molar-refractivity contribution in [2.45, 2.75) is 12.5 Å². The summed E-state index contributed by atoms with van der Waals surface area (Å²) >= 11 is 5.43. The van der Waals surface area contributed by atoms with E-state index in [1.165, 1.54) is 12.1 Å². The molecule has 1 aromatic carbocycles. The number of hydrogen-bond acceptors (Lipinski definition) is 1. The summed E-state index contributed by atoms with van der Waals surface area (Å²) in [5, 5.41) is 9.39. The van der Waals surface area contributed by atoms with Crippen molar-refractivity contribution < 1.29 is 39.1 Å². The quantitative estimate of drug-likeness (QED) is 0.520. The van der Waals surface area contributed by atoms with E-state index in [2.05, 4.69) is 0 Å². The van der Waals surface area contributed by atoms with Gasteiger partial charge >= 0.3 is 29.6 Å². The molecule has 4 radical (unpaired) electrons. The van der Waals surface area contributed by atoms with Crippen LogP contribution in [0.15, 0.2) is 24.3 Å². The van der Waals surface area contributed by atoms with Gasteiger partial charge in [-0.15, -0.1) is 11.6 Å². The molecule has 1 aromatic rings. The molecule has 0 heterocycles. The second-order valence-electron chi connectivity index (χ2n) is 2.55. The molecular formula is C9H10BClFNaO. The van der Waals surface area contributed by atoms with Crippen LogP contribution in [0.2, 0.25) is 0 Å². The summed E-state index contributed by atoms with van der Waals surface area (Å²) in [5.74, 6) is 0.0404. The van der Waals surface area contributed by atoms with Crippen molar-refractivity contribution in [1.82, 2.24) is 0 Å². The van der Waals surface area contributed by atoms with Crippen molar-refractivity contribution in [3.63, 3.8) is 0 Å². The minimum Gasteiger partial charge on any atom is -1.00 e.